The van der Waals surface area contributed by atoms with Crippen LogP contribution in [0.15, 0.2) is 67.3 Å². The van der Waals surface area contributed by atoms with Gasteiger partial charge in [-0.1, -0.05) is 30.3 Å². The van der Waals surface area contributed by atoms with Crippen LogP contribution >= 0.6 is 0 Å². The van der Waals surface area contributed by atoms with Crippen LogP contribution in [0.2, 0.25) is 0 Å². The molecular formula is C20H21N3O2. The van der Waals surface area contributed by atoms with Gasteiger partial charge in [-0.2, -0.15) is 0 Å². The number of rotatable bonds is 6. The van der Waals surface area contributed by atoms with Gasteiger partial charge >= 0.3 is 0 Å². The molecule has 0 bridgehead atoms. The Morgan fingerprint density at radius 1 is 1.20 bits per heavy atom. The third-order valence-corrected chi connectivity index (χ3v) is 4.03. The number of hydrogen-bond donors (Lipinski definition) is 1. The Morgan fingerprint density at radius 3 is 2.64 bits per heavy atom. The lowest BCUT2D eigenvalue weighted by Gasteiger charge is -2.16. The average Bonchev–Trinajstić information content (AvgIpc) is 3.16. The van der Waals surface area contributed by atoms with Crippen molar-refractivity contribution in [2.75, 3.05) is 6.61 Å². The molecule has 1 atom stereocenters. The van der Waals surface area contributed by atoms with E-state index in [4.69, 9.17) is 4.74 Å². The van der Waals surface area contributed by atoms with Crippen LogP contribution in [0.3, 0.4) is 0 Å². The highest BCUT2D eigenvalue weighted by Crippen LogP contribution is 2.17. The van der Waals surface area contributed by atoms with E-state index in [1.807, 2.05) is 73.1 Å². The minimum atomic E-state index is -0.144. The predicted octanol–water partition coefficient (Wildman–Crippen LogP) is 3.44. The minimum absolute atomic E-state index is 0.00230. The summed E-state index contributed by atoms with van der Waals surface area (Å²) in [6.07, 6.45) is 5.39. The number of nitrogens with zero attached hydrogens (tertiary/aromatic N) is 2. The lowest BCUT2D eigenvalue weighted by atomic mass is 10.1. The summed E-state index contributed by atoms with van der Waals surface area (Å²) in [5, 5.41) is 2.96. The van der Waals surface area contributed by atoms with Gasteiger partial charge in [0.05, 0.1) is 12.4 Å². The van der Waals surface area contributed by atoms with E-state index in [9.17, 15) is 4.79 Å². The molecule has 3 rings (SSSR count). The third-order valence-electron chi connectivity index (χ3n) is 4.03. The van der Waals surface area contributed by atoms with Crippen molar-refractivity contribution in [1.82, 2.24) is 14.9 Å². The number of hydrogen-bond acceptors (Lipinski definition) is 3. The van der Waals surface area contributed by atoms with Gasteiger partial charge in [-0.15, -0.1) is 0 Å². The third kappa shape index (κ3) is 4.26. The topological polar surface area (TPSA) is 56.1 Å². The summed E-state index contributed by atoms with van der Waals surface area (Å²) in [5.41, 5.74) is 3.08. The largest absolute Gasteiger partial charge is 0.484 e. The molecule has 0 aliphatic rings. The van der Waals surface area contributed by atoms with Gasteiger partial charge in [-0.3, -0.25) is 4.79 Å². The average molecular weight is 335 g/mol. The molecule has 0 aliphatic heterocycles. The SMILES string of the molecule is Cc1ccccc1OCC(=O)N[C@H](C)c1ccc(-n2ccnc2)cc1. The second-order valence-electron chi connectivity index (χ2n) is 5.90. The van der Waals surface area contributed by atoms with E-state index in [-0.39, 0.29) is 18.6 Å². The fourth-order valence-corrected chi connectivity index (χ4v) is 2.58. The summed E-state index contributed by atoms with van der Waals surface area (Å²) in [6, 6.07) is 15.6. The summed E-state index contributed by atoms with van der Waals surface area (Å²) in [5.74, 6) is 0.587. The molecule has 0 spiro atoms. The molecule has 0 fully saturated rings. The van der Waals surface area contributed by atoms with Gasteiger partial charge in [0, 0.05) is 18.1 Å². The van der Waals surface area contributed by atoms with Crippen molar-refractivity contribution in [3.05, 3.63) is 78.4 Å². The van der Waals surface area contributed by atoms with Crippen molar-refractivity contribution in [2.45, 2.75) is 19.9 Å². The number of carbonyl (C=O) groups excluding carboxylic acids is 1. The molecular weight excluding hydrogens is 314 g/mol. The van der Waals surface area contributed by atoms with E-state index >= 15 is 0 Å². The van der Waals surface area contributed by atoms with Crippen LogP contribution in [0.4, 0.5) is 0 Å². The molecule has 5 heteroatoms. The molecule has 0 radical (unpaired) electrons. The highest BCUT2D eigenvalue weighted by molar-refractivity contribution is 5.78. The smallest absolute Gasteiger partial charge is 0.258 e. The Hall–Kier alpha value is -3.08. The van der Waals surface area contributed by atoms with Gasteiger partial charge < -0.3 is 14.6 Å². The van der Waals surface area contributed by atoms with Crippen molar-refractivity contribution in [1.29, 1.82) is 0 Å². The van der Waals surface area contributed by atoms with E-state index in [1.54, 1.807) is 12.5 Å². The lowest BCUT2D eigenvalue weighted by Crippen LogP contribution is -2.31. The summed E-state index contributed by atoms with van der Waals surface area (Å²) in [7, 11) is 0. The van der Waals surface area contributed by atoms with Crippen LogP contribution in [-0.4, -0.2) is 22.1 Å². The normalized spacial score (nSPS) is 11.8. The summed E-state index contributed by atoms with van der Waals surface area (Å²) in [6.45, 7) is 3.91. The molecule has 5 nitrogen and oxygen atoms in total. The number of ether oxygens (including phenoxy) is 1. The maximum absolute atomic E-state index is 12.1. The van der Waals surface area contributed by atoms with Crippen LogP contribution in [0, 0.1) is 6.92 Å². The van der Waals surface area contributed by atoms with E-state index < -0.39 is 0 Å². The van der Waals surface area contributed by atoms with Gasteiger partial charge in [0.1, 0.15) is 5.75 Å². The van der Waals surface area contributed by atoms with Crippen molar-refractivity contribution in [2.24, 2.45) is 0 Å². The first kappa shape index (κ1) is 16.8. The van der Waals surface area contributed by atoms with E-state index in [2.05, 4.69) is 10.3 Å². The number of amides is 1. The Balaban J connectivity index is 1.55. The number of aryl methyl sites for hydroxylation is 1. The first-order valence-corrected chi connectivity index (χ1v) is 8.19. The maximum atomic E-state index is 12.1. The van der Waals surface area contributed by atoms with Gasteiger partial charge in [-0.25, -0.2) is 4.98 Å². The van der Waals surface area contributed by atoms with E-state index in [0.717, 1.165) is 22.6 Å². The quantitative estimate of drug-likeness (QED) is 0.751. The molecule has 0 saturated carbocycles. The molecule has 0 aliphatic carbocycles. The summed E-state index contributed by atoms with van der Waals surface area (Å²) in [4.78, 5) is 16.2. The van der Waals surface area contributed by atoms with Crippen molar-refractivity contribution >= 4 is 5.91 Å². The Labute approximate surface area is 147 Å². The van der Waals surface area contributed by atoms with Crippen LogP contribution < -0.4 is 10.1 Å². The van der Waals surface area contributed by atoms with Crippen LogP contribution in [0.1, 0.15) is 24.1 Å². The molecule has 0 saturated heterocycles. The first-order chi connectivity index (χ1) is 12.1. The molecule has 25 heavy (non-hydrogen) atoms. The van der Waals surface area contributed by atoms with Gasteiger partial charge in [0.15, 0.2) is 6.61 Å². The fourth-order valence-electron chi connectivity index (χ4n) is 2.58. The monoisotopic (exact) mass is 335 g/mol. The minimum Gasteiger partial charge on any atom is -0.484 e. The summed E-state index contributed by atoms with van der Waals surface area (Å²) < 4.78 is 7.51. The van der Waals surface area contributed by atoms with Crippen LogP contribution in [-0.2, 0) is 4.79 Å². The van der Waals surface area contributed by atoms with Crippen molar-refractivity contribution in [3.63, 3.8) is 0 Å². The zero-order valence-electron chi connectivity index (χ0n) is 14.3. The second kappa shape index (κ2) is 7.66. The zero-order chi connectivity index (χ0) is 17.6. The Morgan fingerprint density at radius 2 is 1.96 bits per heavy atom. The zero-order valence-corrected chi connectivity index (χ0v) is 14.3. The lowest BCUT2D eigenvalue weighted by molar-refractivity contribution is -0.123. The number of para-hydroxylation sites is 1. The molecule has 1 N–H and O–H groups in total. The number of imidazole rings is 1. The van der Waals surface area contributed by atoms with Crippen LogP contribution in [0.25, 0.3) is 5.69 Å². The highest BCUT2D eigenvalue weighted by Gasteiger charge is 2.11. The Kier molecular flexibility index (Phi) is 5.14. The number of carbonyl (C=O) groups is 1. The maximum Gasteiger partial charge on any atom is 0.258 e. The van der Waals surface area contributed by atoms with Gasteiger partial charge in [0.25, 0.3) is 5.91 Å². The fraction of sp³-hybridized carbons (Fsp3) is 0.200. The van der Waals surface area contributed by atoms with Crippen LogP contribution in [0.5, 0.6) is 5.75 Å². The number of benzene rings is 2. The van der Waals surface area contributed by atoms with Crippen molar-refractivity contribution < 1.29 is 9.53 Å². The summed E-state index contributed by atoms with van der Waals surface area (Å²) >= 11 is 0. The second-order valence-corrected chi connectivity index (χ2v) is 5.90. The molecule has 3 aromatic rings. The first-order valence-electron chi connectivity index (χ1n) is 8.19. The van der Waals surface area contributed by atoms with E-state index in [0.29, 0.717) is 0 Å². The highest BCUT2D eigenvalue weighted by atomic mass is 16.5. The van der Waals surface area contributed by atoms with E-state index in [1.165, 1.54) is 0 Å². The number of nitrogens with one attached hydrogen (secondary N) is 1. The number of aromatic nitrogens is 2. The standard InChI is InChI=1S/C20H21N3O2/c1-15-5-3-4-6-19(15)25-13-20(24)22-16(2)17-7-9-18(10-8-17)23-12-11-21-14-23/h3-12,14,16H,13H2,1-2H3,(H,22,24)/t16-/m1/s1. The van der Waals surface area contributed by atoms with Gasteiger partial charge in [0.2, 0.25) is 0 Å². The molecule has 0 unspecified atom stereocenters. The molecule has 1 aromatic heterocycles. The predicted molar refractivity (Wildman–Crippen MR) is 96.8 cm³/mol. The molecule has 1 amide bonds. The molecule has 2 aromatic carbocycles. The van der Waals surface area contributed by atoms with Crippen molar-refractivity contribution in [3.8, 4) is 11.4 Å². The van der Waals surface area contributed by atoms with Gasteiger partial charge in [-0.05, 0) is 43.2 Å². The molecule has 1 heterocycles. The molecule has 128 valence electrons. The Bertz CT molecular complexity index is 826.